The van der Waals surface area contributed by atoms with Crippen molar-refractivity contribution in [1.29, 1.82) is 0 Å². The van der Waals surface area contributed by atoms with E-state index in [4.69, 9.17) is 5.11 Å². The molecular formula is C16H31N3O2. The number of aliphatic hydroxyl groups excluding tert-OH is 1. The van der Waals surface area contributed by atoms with Gasteiger partial charge in [-0.15, -0.1) is 0 Å². The zero-order valence-corrected chi connectivity index (χ0v) is 13.4. The fraction of sp³-hybridized carbons (Fsp3) is 0.938. The Morgan fingerprint density at radius 2 is 1.95 bits per heavy atom. The lowest BCUT2D eigenvalue weighted by molar-refractivity contribution is 0.163. The number of likely N-dealkylation sites (tertiary alicyclic amines) is 2. The molecule has 0 aliphatic carbocycles. The highest BCUT2D eigenvalue weighted by Crippen LogP contribution is 2.20. The minimum atomic E-state index is 0.0755. The second kappa shape index (κ2) is 8.59. The first kappa shape index (κ1) is 16.6. The Morgan fingerprint density at radius 3 is 2.67 bits per heavy atom. The lowest BCUT2D eigenvalue weighted by atomic mass is 10.1. The Labute approximate surface area is 128 Å². The molecule has 0 bridgehead atoms. The number of aliphatic hydroxyl groups is 1. The number of rotatable bonds is 5. The molecule has 2 N–H and O–H groups in total. The zero-order valence-electron chi connectivity index (χ0n) is 13.4. The molecule has 5 heteroatoms. The van der Waals surface area contributed by atoms with Crippen LogP contribution in [0, 0.1) is 0 Å². The molecule has 122 valence electrons. The normalized spacial score (nSPS) is 25.6. The molecule has 2 saturated heterocycles. The maximum absolute atomic E-state index is 12.4. The van der Waals surface area contributed by atoms with E-state index < -0.39 is 0 Å². The Bertz CT molecular complexity index is 319. The van der Waals surface area contributed by atoms with Gasteiger partial charge < -0.3 is 15.3 Å². The molecule has 5 nitrogen and oxygen atoms in total. The van der Waals surface area contributed by atoms with E-state index in [1.54, 1.807) is 0 Å². The van der Waals surface area contributed by atoms with Gasteiger partial charge in [-0.05, 0) is 58.5 Å². The molecule has 2 rings (SSSR count). The first-order valence-corrected chi connectivity index (χ1v) is 8.61. The number of urea groups is 1. The topological polar surface area (TPSA) is 55.8 Å². The molecule has 2 unspecified atom stereocenters. The van der Waals surface area contributed by atoms with Crippen molar-refractivity contribution in [3.8, 4) is 0 Å². The van der Waals surface area contributed by atoms with E-state index in [0.29, 0.717) is 6.04 Å². The van der Waals surface area contributed by atoms with Crippen LogP contribution in [0.3, 0.4) is 0 Å². The van der Waals surface area contributed by atoms with E-state index in [9.17, 15) is 4.79 Å². The van der Waals surface area contributed by atoms with E-state index >= 15 is 0 Å². The maximum Gasteiger partial charge on any atom is 0.317 e. The Balaban J connectivity index is 1.83. The van der Waals surface area contributed by atoms with Crippen molar-refractivity contribution in [2.75, 3.05) is 32.8 Å². The highest BCUT2D eigenvalue weighted by molar-refractivity contribution is 5.74. The van der Waals surface area contributed by atoms with Gasteiger partial charge in [0.15, 0.2) is 0 Å². The van der Waals surface area contributed by atoms with Crippen molar-refractivity contribution in [2.45, 2.75) is 64.0 Å². The van der Waals surface area contributed by atoms with Crippen LogP contribution in [0.25, 0.3) is 0 Å². The molecule has 2 heterocycles. The van der Waals surface area contributed by atoms with Gasteiger partial charge in [-0.1, -0.05) is 6.42 Å². The molecule has 0 radical (unpaired) electrons. The average molecular weight is 297 g/mol. The minimum absolute atomic E-state index is 0.0755. The molecular weight excluding hydrogens is 266 g/mol. The number of carbonyl (C=O) groups is 1. The SMILES string of the molecule is CC(CCCO)NC(=O)N1CCCCC(N2CCCC2)C1. The second-order valence-corrected chi connectivity index (χ2v) is 6.56. The number of carbonyl (C=O) groups excluding carboxylic acids is 1. The molecule has 0 aromatic heterocycles. The third-order valence-corrected chi connectivity index (χ3v) is 4.76. The molecule has 2 amide bonds. The van der Waals surface area contributed by atoms with Gasteiger partial charge in [-0.2, -0.15) is 0 Å². The predicted molar refractivity (Wildman–Crippen MR) is 84.3 cm³/mol. The van der Waals surface area contributed by atoms with Crippen LogP contribution in [0.4, 0.5) is 4.79 Å². The largest absolute Gasteiger partial charge is 0.396 e. The van der Waals surface area contributed by atoms with E-state index in [-0.39, 0.29) is 18.7 Å². The predicted octanol–water partition coefficient (Wildman–Crippen LogP) is 1.81. The number of amides is 2. The van der Waals surface area contributed by atoms with Crippen molar-refractivity contribution in [2.24, 2.45) is 0 Å². The van der Waals surface area contributed by atoms with Crippen LogP contribution in [-0.4, -0.2) is 65.8 Å². The summed E-state index contributed by atoms with van der Waals surface area (Å²) in [7, 11) is 0. The first-order chi connectivity index (χ1) is 10.2. The molecule has 2 fully saturated rings. The van der Waals surface area contributed by atoms with Crippen molar-refractivity contribution in [3.05, 3.63) is 0 Å². The van der Waals surface area contributed by atoms with E-state index in [1.165, 1.54) is 38.8 Å². The summed E-state index contributed by atoms with van der Waals surface area (Å²) in [5.74, 6) is 0. The molecule has 2 atom stereocenters. The van der Waals surface area contributed by atoms with Gasteiger partial charge in [0.2, 0.25) is 0 Å². The Hall–Kier alpha value is -0.810. The molecule has 2 aliphatic rings. The first-order valence-electron chi connectivity index (χ1n) is 8.61. The van der Waals surface area contributed by atoms with Gasteiger partial charge in [0.05, 0.1) is 0 Å². The summed E-state index contributed by atoms with van der Waals surface area (Å²) in [6.07, 6.45) is 7.77. The van der Waals surface area contributed by atoms with Gasteiger partial charge in [-0.3, -0.25) is 4.90 Å². The molecule has 0 aromatic carbocycles. The van der Waals surface area contributed by atoms with Crippen LogP contribution in [0.15, 0.2) is 0 Å². The van der Waals surface area contributed by atoms with Crippen LogP contribution in [0.2, 0.25) is 0 Å². The van der Waals surface area contributed by atoms with E-state index in [0.717, 1.165) is 32.4 Å². The lowest BCUT2D eigenvalue weighted by Crippen LogP contribution is -2.49. The molecule has 0 saturated carbocycles. The van der Waals surface area contributed by atoms with Gasteiger partial charge in [0.1, 0.15) is 0 Å². The van der Waals surface area contributed by atoms with Crippen LogP contribution in [-0.2, 0) is 0 Å². The second-order valence-electron chi connectivity index (χ2n) is 6.56. The fourth-order valence-electron chi connectivity index (χ4n) is 3.48. The van der Waals surface area contributed by atoms with E-state index in [1.807, 2.05) is 11.8 Å². The number of nitrogens with one attached hydrogen (secondary N) is 1. The zero-order chi connectivity index (χ0) is 15.1. The molecule has 0 aromatic rings. The number of hydrogen-bond donors (Lipinski definition) is 2. The van der Waals surface area contributed by atoms with Crippen LogP contribution >= 0.6 is 0 Å². The third-order valence-electron chi connectivity index (χ3n) is 4.76. The summed E-state index contributed by atoms with van der Waals surface area (Å²) < 4.78 is 0. The van der Waals surface area contributed by atoms with Gasteiger partial charge >= 0.3 is 6.03 Å². The minimum Gasteiger partial charge on any atom is -0.396 e. The fourth-order valence-corrected chi connectivity index (χ4v) is 3.48. The number of hydrogen-bond acceptors (Lipinski definition) is 3. The number of nitrogens with zero attached hydrogens (tertiary/aromatic N) is 2. The lowest BCUT2D eigenvalue weighted by Gasteiger charge is -2.31. The van der Waals surface area contributed by atoms with Crippen LogP contribution in [0.1, 0.15) is 51.9 Å². The average Bonchev–Trinajstić information content (AvgIpc) is 2.89. The van der Waals surface area contributed by atoms with Gasteiger partial charge in [0.25, 0.3) is 0 Å². The summed E-state index contributed by atoms with van der Waals surface area (Å²) in [6.45, 7) is 6.37. The van der Waals surface area contributed by atoms with Gasteiger partial charge in [0, 0.05) is 31.8 Å². The van der Waals surface area contributed by atoms with Crippen molar-refractivity contribution in [3.63, 3.8) is 0 Å². The highest BCUT2D eigenvalue weighted by atomic mass is 16.3. The summed E-state index contributed by atoms with van der Waals surface area (Å²) in [6, 6.07) is 0.762. The smallest absolute Gasteiger partial charge is 0.317 e. The summed E-state index contributed by atoms with van der Waals surface area (Å²) in [5.41, 5.74) is 0. The van der Waals surface area contributed by atoms with Crippen LogP contribution < -0.4 is 5.32 Å². The molecule has 2 aliphatic heterocycles. The Morgan fingerprint density at radius 1 is 1.24 bits per heavy atom. The monoisotopic (exact) mass is 297 g/mol. The van der Waals surface area contributed by atoms with Crippen molar-refractivity contribution in [1.82, 2.24) is 15.1 Å². The summed E-state index contributed by atoms with van der Waals surface area (Å²) in [4.78, 5) is 17.0. The van der Waals surface area contributed by atoms with Crippen molar-refractivity contribution < 1.29 is 9.90 Å². The highest BCUT2D eigenvalue weighted by Gasteiger charge is 2.28. The van der Waals surface area contributed by atoms with Crippen LogP contribution in [0.5, 0.6) is 0 Å². The van der Waals surface area contributed by atoms with E-state index in [2.05, 4.69) is 10.2 Å². The van der Waals surface area contributed by atoms with Crippen molar-refractivity contribution >= 4 is 6.03 Å². The third kappa shape index (κ3) is 5.15. The maximum atomic E-state index is 12.4. The van der Waals surface area contributed by atoms with Gasteiger partial charge in [-0.25, -0.2) is 4.79 Å². The molecule has 0 spiro atoms. The quantitative estimate of drug-likeness (QED) is 0.814. The summed E-state index contributed by atoms with van der Waals surface area (Å²) in [5, 5.41) is 11.9. The standard InChI is InChI=1S/C16H31N3O2/c1-14(7-6-12-20)17-16(21)19-11-3-2-8-15(13-19)18-9-4-5-10-18/h14-15,20H,2-13H2,1H3,(H,17,21). The summed E-state index contributed by atoms with van der Waals surface area (Å²) >= 11 is 0. The Kier molecular flexibility index (Phi) is 6.77. The molecule has 21 heavy (non-hydrogen) atoms.